The molecular weight excluding hydrogens is 189 g/mol. The number of halogens is 3. The molecule has 0 aliphatic rings. The van der Waals surface area contributed by atoms with Crippen LogP contribution in [-0.4, -0.2) is 20.9 Å². The zero-order chi connectivity index (χ0) is 10.2. The van der Waals surface area contributed by atoms with Gasteiger partial charge in [0, 0.05) is 13.1 Å². The van der Waals surface area contributed by atoms with E-state index >= 15 is 0 Å². The Morgan fingerprint density at radius 2 is 2.15 bits per heavy atom. The van der Waals surface area contributed by atoms with Crippen molar-refractivity contribution in [3.05, 3.63) is 17.5 Å². The molecule has 0 aliphatic carbocycles. The van der Waals surface area contributed by atoms with E-state index in [1.165, 1.54) is 0 Å². The van der Waals surface area contributed by atoms with Crippen LogP contribution in [0.15, 0.2) is 6.07 Å². The molecule has 1 rings (SSSR count). The molecule has 0 spiro atoms. The molecular formula is C6H5F3N2O2. The van der Waals surface area contributed by atoms with Gasteiger partial charge in [0.05, 0.1) is 0 Å². The van der Waals surface area contributed by atoms with E-state index in [0.717, 1.165) is 7.05 Å². The summed E-state index contributed by atoms with van der Waals surface area (Å²) >= 11 is 0. The maximum atomic E-state index is 12.1. The van der Waals surface area contributed by atoms with E-state index in [1.54, 1.807) is 0 Å². The molecule has 4 nitrogen and oxygen atoms in total. The average Bonchev–Trinajstić information content (AvgIpc) is 2.29. The molecule has 7 heteroatoms. The van der Waals surface area contributed by atoms with E-state index in [9.17, 15) is 18.0 Å². The lowest BCUT2D eigenvalue weighted by Gasteiger charge is -2.04. The number of hydrogen-bond acceptors (Lipinski definition) is 2. The van der Waals surface area contributed by atoms with Crippen molar-refractivity contribution in [2.75, 3.05) is 0 Å². The Labute approximate surface area is 70.6 Å². The van der Waals surface area contributed by atoms with Gasteiger partial charge in [0.25, 0.3) is 0 Å². The number of aryl methyl sites for hydroxylation is 1. The van der Waals surface area contributed by atoms with E-state index in [2.05, 4.69) is 5.10 Å². The van der Waals surface area contributed by atoms with Crippen LogP contribution in [0.2, 0.25) is 0 Å². The van der Waals surface area contributed by atoms with Crippen LogP contribution in [0.5, 0.6) is 0 Å². The summed E-state index contributed by atoms with van der Waals surface area (Å²) in [7, 11) is 1.04. The van der Waals surface area contributed by atoms with Crippen LogP contribution in [0.1, 0.15) is 16.2 Å². The van der Waals surface area contributed by atoms with Crippen LogP contribution < -0.4 is 0 Å². The molecule has 0 saturated heterocycles. The molecule has 0 aromatic carbocycles. The third-order valence-corrected chi connectivity index (χ3v) is 1.39. The first-order valence-corrected chi connectivity index (χ1v) is 3.17. The van der Waals surface area contributed by atoms with Crippen molar-refractivity contribution >= 4 is 5.97 Å². The van der Waals surface area contributed by atoms with Crippen molar-refractivity contribution in [2.24, 2.45) is 7.05 Å². The highest BCUT2D eigenvalue weighted by Gasteiger charge is 2.35. The summed E-state index contributed by atoms with van der Waals surface area (Å²) in [5, 5.41) is 11.5. The summed E-state index contributed by atoms with van der Waals surface area (Å²) in [5.41, 5.74) is -1.69. The Hall–Kier alpha value is -1.53. The summed E-state index contributed by atoms with van der Waals surface area (Å²) in [6.45, 7) is 0. The van der Waals surface area contributed by atoms with Crippen molar-refractivity contribution in [3.63, 3.8) is 0 Å². The number of carboxylic acids is 1. The lowest BCUT2D eigenvalue weighted by molar-refractivity contribution is -0.143. The predicted molar refractivity (Wildman–Crippen MR) is 35.2 cm³/mol. The standard InChI is InChI=1S/C6H5F3N2O2/c1-11-4(6(7,8)9)2-3(10-11)5(12)13/h2H,1H3,(H,12,13). The third-order valence-electron chi connectivity index (χ3n) is 1.39. The number of alkyl halides is 3. The van der Waals surface area contributed by atoms with Gasteiger partial charge < -0.3 is 5.11 Å². The lowest BCUT2D eigenvalue weighted by atomic mass is 10.3. The molecule has 1 N–H and O–H groups in total. The molecule has 0 radical (unpaired) electrons. The SMILES string of the molecule is Cn1nc(C(=O)O)cc1C(F)(F)F. The Morgan fingerprint density at radius 3 is 2.38 bits per heavy atom. The Morgan fingerprint density at radius 1 is 1.62 bits per heavy atom. The van der Waals surface area contributed by atoms with Gasteiger partial charge in [-0.05, 0) is 0 Å². The highest BCUT2D eigenvalue weighted by Crippen LogP contribution is 2.29. The molecule has 0 fully saturated rings. The first-order chi connectivity index (χ1) is 5.82. The van der Waals surface area contributed by atoms with E-state index in [0.29, 0.717) is 10.7 Å². The second-order valence-electron chi connectivity index (χ2n) is 2.34. The maximum absolute atomic E-state index is 12.1. The molecule has 1 aromatic rings. The molecule has 0 aliphatic heterocycles. The molecule has 72 valence electrons. The molecule has 1 aromatic heterocycles. The van der Waals surface area contributed by atoms with Gasteiger partial charge in [0.2, 0.25) is 0 Å². The number of carbonyl (C=O) groups is 1. The highest BCUT2D eigenvalue weighted by molar-refractivity contribution is 5.85. The molecule has 0 bridgehead atoms. The minimum absolute atomic E-state index is 0.488. The van der Waals surface area contributed by atoms with Gasteiger partial charge in [-0.25, -0.2) is 4.79 Å². The van der Waals surface area contributed by atoms with Crippen LogP contribution in [0.25, 0.3) is 0 Å². The van der Waals surface area contributed by atoms with E-state index in [-0.39, 0.29) is 0 Å². The zero-order valence-corrected chi connectivity index (χ0v) is 6.46. The van der Waals surface area contributed by atoms with Crippen LogP contribution in [0.3, 0.4) is 0 Å². The topological polar surface area (TPSA) is 55.1 Å². The highest BCUT2D eigenvalue weighted by atomic mass is 19.4. The fraction of sp³-hybridized carbons (Fsp3) is 0.333. The first kappa shape index (κ1) is 9.56. The molecule has 13 heavy (non-hydrogen) atoms. The number of rotatable bonds is 1. The lowest BCUT2D eigenvalue weighted by Crippen LogP contribution is -2.11. The first-order valence-electron chi connectivity index (χ1n) is 3.17. The summed E-state index contributed by atoms with van der Waals surface area (Å²) in [5.74, 6) is -1.48. The van der Waals surface area contributed by atoms with E-state index in [1.807, 2.05) is 0 Å². The van der Waals surface area contributed by atoms with Crippen molar-refractivity contribution in [3.8, 4) is 0 Å². The smallest absolute Gasteiger partial charge is 0.433 e. The summed E-state index contributed by atoms with van der Waals surface area (Å²) < 4.78 is 36.7. The largest absolute Gasteiger partial charge is 0.476 e. The van der Waals surface area contributed by atoms with Gasteiger partial charge in [-0.15, -0.1) is 0 Å². The Bertz CT molecular complexity index is 342. The van der Waals surface area contributed by atoms with Gasteiger partial charge in [-0.3, -0.25) is 4.68 Å². The Kier molecular flexibility index (Phi) is 2.02. The molecule has 0 saturated carbocycles. The maximum Gasteiger partial charge on any atom is 0.433 e. The van der Waals surface area contributed by atoms with Crippen molar-refractivity contribution < 1.29 is 23.1 Å². The van der Waals surface area contributed by atoms with Crippen LogP contribution in [-0.2, 0) is 13.2 Å². The number of aromatic carboxylic acids is 1. The minimum atomic E-state index is -4.57. The second kappa shape index (κ2) is 2.75. The third kappa shape index (κ3) is 1.79. The summed E-state index contributed by atoms with van der Waals surface area (Å²) in [4.78, 5) is 10.3. The molecule has 0 amide bonds. The molecule has 0 unspecified atom stereocenters. The van der Waals surface area contributed by atoms with E-state index < -0.39 is 23.5 Å². The van der Waals surface area contributed by atoms with Crippen molar-refractivity contribution in [2.45, 2.75) is 6.18 Å². The fourth-order valence-electron chi connectivity index (χ4n) is 0.837. The summed E-state index contributed by atoms with van der Waals surface area (Å²) in [6, 6.07) is 0.488. The monoisotopic (exact) mass is 194 g/mol. The van der Waals surface area contributed by atoms with Gasteiger partial charge in [-0.1, -0.05) is 0 Å². The van der Waals surface area contributed by atoms with E-state index in [4.69, 9.17) is 5.11 Å². The Balaban J connectivity index is 3.18. The van der Waals surface area contributed by atoms with Gasteiger partial charge in [0.15, 0.2) is 5.69 Å². The van der Waals surface area contributed by atoms with Crippen LogP contribution >= 0.6 is 0 Å². The average molecular weight is 194 g/mol. The number of carboxylic acid groups (broad SMARTS) is 1. The van der Waals surface area contributed by atoms with Crippen LogP contribution in [0.4, 0.5) is 13.2 Å². The molecule has 0 atom stereocenters. The van der Waals surface area contributed by atoms with Crippen molar-refractivity contribution in [1.29, 1.82) is 0 Å². The zero-order valence-electron chi connectivity index (χ0n) is 6.46. The fourth-order valence-corrected chi connectivity index (χ4v) is 0.837. The predicted octanol–water partition coefficient (Wildman–Crippen LogP) is 1.14. The minimum Gasteiger partial charge on any atom is -0.476 e. The number of hydrogen-bond donors (Lipinski definition) is 1. The summed E-state index contributed by atoms with van der Waals surface area (Å²) in [6.07, 6.45) is -4.57. The quantitative estimate of drug-likeness (QED) is 0.729. The van der Waals surface area contributed by atoms with Crippen LogP contribution in [0, 0.1) is 0 Å². The molecule has 1 heterocycles. The number of nitrogens with zero attached hydrogens (tertiary/aromatic N) is 2. The van der Waals surface area contributed by atoms with Gasteiger partial charge in [0.1, 0.15) is 5.69 Å². The van der Waals surface area contributed by atoms with Gasteiger partial charge >= 0.3 is 12.1 Å². The second-order valence-corrected chi connectivity index (χ2v) is 2.34. The van der Waals surface area contributed by atoms with Crippen molar-refractivity contribution in [1.82, 2.24) is 9.78 Å². The van der Waals surface area contributed by atoms with Gasteiger partial charge in [-0.2, -0.15) is 18.3 Å². The number of aromatic nitrogens is 2. The normalized spacial score (nSPS) is 11.7.